The van der Waals surface area contributed by atoms with Crippen LogP contribution in [-0.4, -0.2) is 14.9 Å². The Bertz CT molecular complexity index is 686. The van der Waals surface area contributed by atoms with Gasteiger partial charge in [0.05, 0.1) is 11.3 Å². The summed E-state index contributed by atoms with van der Waals surface area (Å²) in [5.41, 5.74) is 1.59. The molecule has 0 aliphatic heterocycles. The molecule has 1 heterocycles. The zero-order chi connectivity index (χ0) is 11.8. The molecule has 3 rings (SSSR count). The molecule has 0 atom stereocenters. The lowest BCUT2D eigenvalue weighted by atomic mass is 10.0. The van der Waals surface area contributed by atoms with E-state index < -0.39 is 0 Å². The van der Waals surface area contributed by atoms with E-state index in [0.29, 0.717) is 0 Å². The number of nitrogens with zero attached hydrogens (tertiary/aromatic N) is 2. The predicted molar refractivity (Wildman–Crippen MR) is 67.8 cm³/mol. The second-order valence-electron chi connectivity index (χ2n) is 4.06. The van der Waals surface area contributed by atoms with Crippen molar-refractivity contribution < 1.29 is 5.11 Å². The minimum atomic E-state index is 0.266. The molecule has 0 unspecified atom stereocenters. The second kappa shape index (κ2) is 3.63. The largest absolute Gasteiger partial charge is 0.507 e. The van der Waals surface area contributed by atoms with Gasteiger partial charge in [0.25, 0.3) is 0 Å². The number of aryl methyl sites for hydroxylation is 1. The minimum absolute atomic E-state index is 0.266. The van der Waals surface area contributed by atoms with Gasteiger partial charge in [-0.1, -0.05) is 30.3 Å². The Morgan fingerprint density at radius 2 is 1.88 bits per heavy atom. The summed E-state index contributed by atoms with van der Waals surface area (Å²) in [5, 5.41) is 16.5. The number of hydrogen-bond acceptors (Lipinski definition) is 2. The Balaban J connectivity index is 2.38. The number of rotatable bonds is 1. The van der Waals surface area contributed by atoms with Gasteiger partial charge >= 0.3 is 0 Å². The lowest BCUT2D eigenvalue weighted by molar-refractivity contribution is 0.478. The highest BCUT2D eigenvalue weighted by Gasteiger charge is 2.11. The minimum Gasteiger partial charge on any atom is -0.507 e. The highest BCUT2D eigenvalue weighted by atomic mass is 16.3. The molecule has 1 N–H and O–H groups in total. The molecule has 3 aromatic rings. The number of fused-ring (bicyclic) bond motifs is 1. The summed E-state index contributed by atoms with van der Waals surface area (Å²) in [6, 6.07) is 13.5. The molecule has 0 aliphatic carbocycles. The molecule has 0 radical (unpaired) electrons. The molecule has 17 heavy (non-hydrogen) atoms. The summed E-state index contributed by atoms with van der Waals surface area (Å²) in [7, 11) is 1.87. The number of aromatic nitrogens is 2. The van der Waals surface area contributed by atoms with E-state index in [1.165, 1.54) is 0 Å². The van der Waals surface area contributed by atoms with Crippen LogP contribution in [0.15, 0.2) is 48.7 Å². The molecule has 0 saturated heterocycles. The monoisotopic (exact) mass is 224 g/mol. The average Bonchev–Trinajstić information content (AvgIpc) is 2.75. The normalized spacial score (nSPS) is 10.9. The van der Waals surface area contributed by atoms with Crippen molar-refractivity contribution in [2.75, 3.05) is 0 Å². The van der Waals surface area contributed by atoms with Gasteiger partial charge in [-0.2, -0.15) is 5.10 Å². The molecule has 0 saturated carbocycles. The van der Waals surface area contributed by atoms with E-state index in [0.717, 1.165) is 22.0 Å². The molecule has 0 aliphatic rings. The van der Waals surface area contributed by atoms with Crippen molar-refractivity contribution in [3.8, 4) is 17.0 Å². The van der Waals surface area contributed by atoms with Crippen molar-refractivity contribution in [3.63, 3.8) is 0 Å². The van der Waals surface area contributed by atoms with Crippen molar-refractivity contribution >= 4 is 10.8 Å². The van der Waals surface area contributed by atoms with E-state index in [-0.39, 0.29) is 5.75 Å². The molecule has 3 nitrogen and oxygen atoms in total. The zero-order valence-corrected chi connectivity index (χ0v) is 9.46. The third kappa shape index (κ3) is 1.56. The van der Waals surface area contributed by atoms with Crippen LogP contribution >= 0.6 is 0 Å². The van der Waals surface area contributed by atoms with Gasteiger partial charge in [-0.05, 0) is 22.9 Å². The van der Waals surface area contributed by atoms with E-state index in [2.05, 4.69) is 5.10 Å². The molecular formula is C14H12N2O. The highest BCUT2D eigenvalue weighted by Crippen LogP contribution is 2.34. The first-order valence-corrected chi connectivity index (χ1v) is 5.46. The average molecular weight is 224 g/mol. The summed E-state index contributed by atoms with van der Waals surface area (Å²) in [4.78, 5) is 0. The van der Waals surface area contributed by atoms with Crippen LogP contribution in [-0.2, 0) is 7.05 Å². The Kier molecular flexibility index (Phi) is 2.11. The van der Waals surface area contributed by atoms with E-state index in [4.69, 9.17) is 0 Å². The number of aromatic hydroxyl groups is 1. The third-order valence-corrected chi connectivity index (χ3v) is 2.88. The summed E-state index contributed by atoms with van der Waals surface area (Å²) in [6.07, 6.45) is 1.87. The quantitative estimate of drug-likeness (QED) is 0.690. The maximum absolute atomic E-state index is 10.0. The van der Waals surface area contributed by atoms with Crippen molar-refractivity contribution in [3.05, 3.63) is 48.7 Å². The zero-order valence-electron chi connectivity index (χ0n) is 9.46. The number of hydrogen-bond donors (Lipinski definition) is 1. The van der Waals surface area contributed by atoms with Gasteiger partial charge < -0.3 is 5.11 Å². The van der Waals surface area contributed by atoms with Gasteiger partial charge in [-0.25, -0.2) is 0 Å². The summed E-state index contributed by atoms with van der Waals surface area (Å²) < 4.78 is 1.73. The Morgan fingerprint density at radius 3 is 2.65 bits per heavy atom. The standard InChI is InChI=1S/C14H12N2O/c1-16-9-8-12(15-16)14-11-5-3-2-4-10(11)6-7-13(14)17/h2-9,17H,1H3. The lowest BCUT2D eigenvalue weighted by Gasteiger charge is -2.06. The van der Waals surface area contributed by atoms with Gasteiger partial charge in [-0.15, -0.1) is 0 Å². The molecule has 0 fully saturated rings. The molecule has 2 aromatic carbocycles. The smallest absolute Gasteiger partial charge is 0.125 e. The molecular weight excluding hydrogens is 212 g/mol. The maximum Gasteiger partial charge on any atom is 0.125 e. The second-order valence-corrected chi connectivity index (χ2v) is 4.06. The van der Waals surface area contributed by atoms with Gasteiger partial charge in [0, 0.05) is 13.2 Å². The molecule has 0 bridgehead atoms. The van der Waals surface area contributed by atoms with Gasteiger partial charge in [-0.3, -0.25) is 4.68 Å². The van der Waals surface area contributed by atoms with Crippen molar-refractivity contribution in [1.29, 1.82) is 0 Å². The van der Waals surface area contributed by atoms with E-state index in [1.54, 1.807) is 10.7 Å². The Morgan fingerprint density at radius 1 is 1.06 bits per heavy atom. The van der Waals surface area contributed by atoms with Crippen LogP contribution in [0.25, 0.3) is 22.0 Å². The van der Waals surface area contributed by atoms with E-state index in [9.17, 15) is 5.11 Å². The van der Waals surface area contributed by atoms with Crippen molar-refractivity contribution in [2.45, 2.75) is 0 Å². The molecule has 3 heteroatoms. The lowest BCUT2D eigenvalue weighted by Crippen LogP contribution is -1.89. The molecule has 1 aromatic heterocycles. The first-order chi connectivity index (χ1) is 8.25. The number of phenolic OH excluding ortho intramolecular Hbond substituents is 1. The summed E-state index contributed by atoms with van der Waals surface area (Å²) >= 11 is 0. The topological polar surface area (TPSA) is 38.0 Å². The first kappa shape index (κ1) is 9.90. The predicted octanol–water partition coefficient (Wildman–Crippen LogP) is 2.95. The molecule has 84 valence electrons. The fourth-order valence-corrected chi connectivity index (χ4v) is 2.08. The van der Waals surface area contributed by atoms with E-state index in [1.807, 2.05) is 49.6 Å². The molecule has 0 spiro atoms. The van der Waals surface area contributed by atoms with E-state index >= 15 is 0 Å². The van der Waals surface area contributed by atoms with Crippen LogP contribution < -0.4 is 0 Å². The van der Waals surface area contributed by atoms with Gasteiger partial charge in [0.15, 0.2) is 0 Å². The van der Waals surface area contributed by atoms with Crippen LogP contribution in [0.1, 0.15) is 0 Å². The first-order valence-electron chi connectivity index (χ1n) is 5.46. The highest BCUT2D eigenvalue weighted by molar-refractivity contribution is 5.98. The van der Waals surface area contributed by atoms with Crippen molar-refractivity contribution in [2.24, 2.45) is 7.05 Å². The number of phenols is 1. The van der Waals surface area contributed by atoms with Crippen LogP contribution in [0.5, 0.6) is 5.75 Å². The van der Waals surface area contributed by atoms with Crippen LogP contribution in [0.4, 0.5) is 0 Å². The summed E-state index contributed by atoms with van der Waals surface area (Å²) in [5.74, 6) is 0.266. The Hall–Kier alpha value is -2.29. The Labute approximate surface area is 98.9 Å². The number of benzene rings is 2. The van der Waals surface area contributed by atoms with Crippen LogP contribution in [0, 0.1) is 0 Å². The summed E-state index contributed by atoms with van der Waals surface area (Å²) in [6.45, 7) is 0. The van der Waals surface area contributed by atoms with Crippen LogP contribution in [0.3, 0.4) is 0 Å². The van der Waals surface area contributed by atoms with Crippen molar-refractivity contribution in [1.82, 2.24) is 9.78 Å². The third-order valence-electron chi connectivity index (χ3n) is 2.88. The van der Waals surface area contributed by atoms with Gasteiger partial charge in [0.2, 0.25) is 0 Å². The SMILES string of the molecule is Cn1ccc(-c2c(O)ccc3ccccc23)n1. The van der Waals surface area contributed by atoms with Gasteiger partial charge in [0.1, 0.15) is 5.75 Å². The van der Waals surface area contributed by atoms with Crippen LogP contribution in [0.2, 0.25) is 0 Å². The fourth-order valence-electron chi connectivity index (χ4n) is 2.08. The fraction of sp³-hybridized carbons (Fsp3) is 0.0714. The maximum atomic E-state index is 10.0. The molecule has 0 amide bonds.